The molecule has 2 saturated heterocycles. The van der Waals surface area contributed by atoms with E-state index in [1.807, 2.05) is 43.1 Å². The summed E-state index contributed by atoms with van der Waals surface area (Å²) < 4.78 is 24.1. The molecule has 1 aromatic heterocycles. The lowest BCUT2D eigenvalue weighted by atomic mass is 9.92. The van der Waals surface area contributed by atoms with Crippen molar-refractivity contribution in [2.24, 2.45) is 0 Å². The van der Waals surface area contributed by atoms with Gasteiger partial charge in [-0.1, -0.05) is 43.5 Å². The van der Waals surface area contributed by atoms with Gasteiger partial charge in [-0.15, -0.1) is 0 Å². The number of carboxylic acids is 1. The lowest BCUT2D eigenvalue weighted by Gasteiger charge is -2.47. The number of hydrogen-bond donors (Lipinski definition) is 1. The topological polar surface area (TPSA) is 118 Å². The molecule has 0 spiro atoms. The number of aromatic nitrogens is 1. The minimum atomic E-state index is -1.43. The standard InChI is InChI=1S/C33H46N4O7S/c1-9-25(30(38)37(7)33(3,4)32(39)40)31(45-21(2)29-34-14-15-43-29)35(5)18-28(26-12-10-11-13-27(26)41-8)44-24-16-22-19-42-20-23(17-24)36(22)6/h10-15,22-24,28H,2,9,16-20H2,1,3-8H3,(H,39,40)/b31-25+. The Morgan fingerprint density at radius 2 is 1.89 bits per heavy atom. The highest BCUT2D eigenvalue weighted by molar-refractivity contribution is 8.11. The number of hydrogen-bond acceptors (Lipinski definition) is 10. The van der Waals surface area contributed by atoms with Crippen LogP contribution in [0.1, 0.15) is 57.6 Å². The normalized spacial score (nSPS) is 21.4. The van der Waals surface area contributed by atoms with Gasteiger partial charge in [-0.2, -0.15) is 0 Å². The van der Waals surface area contributed by atoms with Crippen molar-refractivity contribution in [2.45, 2.75) is 69.9 Å². The monoisotopic (exact) mass is 642 g/mol. The summed E-state index contributed by atoms with van der Waals surface area (Å²) in [5.41, 5.74) is -0.0851. The Kier molecular flexibility index (Phi) is 11.4. The van der Waals surface area contributed by atoms with Gasteiger partial charge in [0.1, 0.15) is 23.7 Å². The highest BCUT2D eigenvalue weighted by Gasteiger charge is 2.40. The van der Waals surface area contributed by atoms with E-state index in [1.165, 1.54) is 50.0 Å². The van der Waals surface area contributed by atoms with Crippen molar-refractivity contribution >= 4 is 28.5 Å². The molecule has 246 valence electrons. The van der Waals surface area contributed by atoms with Crippen molar-refractivity contribution in [3.05, 3.63) is 65.4 Å². The van der Waals surface area contributed by atoms with Crippen LogP contribution in [0.4, 0.5) is 0 Å². The number of benzene rings is 1. The molecule has 45 heavy (non-hydrogen) atoms. The fourth-order valence-corrected chi connectivity index (χ4v) is 6.76. The van der Waals surface area contributed by atoms with E-state index in [1.54, 1.807) is 7.11 Å². The van der Waals surface area contributed by atoms with Gasteiger partial charge in [0.2, 0.25) is 5.89 Å². The van der Waals surface area contributed by atoms with Gasteiger partial charge in [-0.05, 0) is 46.2 Å². The summed E-state index contributed by atoms with van der Waals surface area (Å²) in [6, 6.07) is 8.38. The van der Waals surface area contributed by atoms with E-state index in [2.05, 4.69) is 23.5 Å². The summed E-state index contributed by atoms with van der Waals surface area (Å²) in [5, 5.41) is 10.5. The molecular formula is C33H46N4O7S. The molecule has 3 atom stereocenters. The molecule has 3 unspecified atom stereocenters. The van der Waals surface area contributed by atoms with E-state index in [0.29, 0.717) is 53.3 Å². The molecule has 12 heteroatoms. The molecule has 2 aromatic rings. The Morgan fingerprint density at radius 1 is 1.22 bits per heavy atom. The van der Waals surface area contributed by atoms with Gasteiger partial charge in [0.05, 0.1) is 42.6 Å². The minimum Gasteiger partial charge on any atom is -0.496 e. The Hall–Kier alpha value is -3.32. The predicted octanol–water partition coefficient (Wildman–Crippen LogP) is 4.88. The molecule has 0 saturated carbocycles. The summed E-state index contributed by atoms with van der Waals surface area (Å²) >= 11 is 1.26. The number of carboxylic acid groups (broad SMARTS) is 1. The van der Waals surface area contributed by atoms with Crippen LogP contribution in [0.3, 0.4) is 0 Å². The van der Waals surface area contributed by atoms with E-state index in [0.717, 1.165) is 18.4 Å². The Balaban J connectivity index is 1.72. The maximum absolute atomic E-state index is 14.0. The Morgan fingerprint density at radius 3 is 2.47 bits per heavy atom. The van der Waals surface area contributed by atoms with Gasteiger partial charge in [0.15, 0.2) is 0 Å². The summed E-state index contributed by atoms with van der Waals surface area (Å²) in [7, 11) is 7.21. The van der Waals surface area contributed by atoms with Crippen LogP contribution in [0.15, 0.2) is 58.3 Å². The van der Waals surface area contributed by atoms with Gasteiger partial charge in [-0.3, -0.25) is 9.69 Å². The average molecular weight is 643 g/mol. The number of carbonyl (C=O) groups excluding carboxylic acids is 1. The van der Waals surface area contributed by atoms with E-state index >= 15 is 0 Å². The van der Waals surface area contributed by atoms with Crippen LogP contribution in [0, 0.1) is 0 Å². The molecule has 1 amide bonds. The highest BCUT2D eigenvalue weighted by Crippen LogP contribution is 2.40. The maximum atomic E-state index is 14.0. The van der Waals surface area contributed by atoms with Gasteiger partial charge in [-0.25, -0.2) is 9.78 Å². The highest BCUT2D eigenvalue weighted by atomic mass is 32.2. The number of aliphatic carboxylic acids is 1. The summed E-state index contributed by atoms with van der Waals surface area (Å²) in [6.07, 6.45) is 4.63. The molecule has 0 aliphatic carbocycles. The number of rotatable bonds is 14. The van der Waals surface area contributed by atoms with Gasteiger partial charge in [0, 0.05) is 43.9 Å². The van der Waals surface area contributed by atoms with Crippen LogP contribution < -0.4 is 4.74 Å². The molecule has 0 radical (unpaired) electrons. The molecule has 2 aliphatic heterocycles. The SMILES string of the molecule is C=C(S/C(=C(\CC)C(=O)N(C)C(C)(C)C(=O)O)N(C)CC(OC1CC2COCC(C1)N2C)c1ccccc1OC)c1ncco1. The lowest BCUT2D eigenvalue weighted by Crippen LogP contribution is -2.56. The number of fused-ring (bicyclic) bond motifs is 2. The first-order valence-corrected chi connectivity index (χ1v) is 16.0. The first kappa shape index (κ1) is 34.6. The number of nitrogens with zero attached hydrogens (tertiary/aromatic N) is 4. The molecule has 1 N–H and O–H groups in total. The van der Waals surface area contributed by atoms with Crippen molar-refractivity contribution in [3.63, 3.8) is 0 Å². The van der Waals surface area contributed by atoms with Crippen molar-refractivity contribution < 1.29 is 33.3 Å². The van der Waals surface area contributed by atoms with Gasteiger partial charge >= 0.3 is 5.97 Å². The smallest absolute Gasteiger partial charge is 0.329 e. The third-order valence-corrected chi connectivity index (χ3v) is 10.1. The van der Waals surface area contributed by atoms with E-state index in [4.69, 9.17) is 18.6 Å². The zero-order chi connectivity index (χ0) is 32.9. The number of piperidine rings is 1. The van der Waals surface area contributed by atoms with E-state index in [-0.39, 0.29) is 18.2 Å². The molecular weight excluding hydrogens is 596 g/mol. The molecule has 1 aromatic carbocycles. The minimum absolute atomic E-state index is 0.000514. The van der Waals surface area contributed by atoms with Crippen molar-refractivity contribution in [1.29, 1.82) is 0 Å². The van der Waals surface area contributed by atoms with Crippen LogP contribution in [-0.2, 0) is 19.1 Å². The average Bonchev–Trinajstić information content (AvgIpc) is 3.56. The second-order valence-corrected chi connectivity index (χ2v) is 13.2. The zero-order valence-corrected chi connectivity index (χ0v) is 28.1. The third-order valence-electron chi connectivity index (χ3n) is 8.90. The molecule has 2 bridgehead atoms. The summed E-state index contributed by atoms with van der Waals surface area (Å²) in [5.74, 6) is -0.439. The largest absolute Gasteiger partial charge is 0.496 e. The Labute approximate surface area is 270 Å². The molecule has 11 nitrogen and oxygen atoms in total. The number of morpholine rings is 1. The van der Waals surface area contributed by atoms with E-state index in [9.17, 15) is 14.7 Å². The van der Waals surface area contributed by atoms with E-state index < -0.39 is 23.5 Å². The second kappa shape index (κ2) is 14.8. The van der Waals surface area contributed by atoms with Crippen LogP contribution in [0.2, 0.25) is 0 Å². The van der Waals surface area contributed by atoms with Crippen LogP contribution in [0.5, 0.6) is 5.75 Å². The fourth-order valence-electron chi connectivity index (χ4n) is 5.75. The third kappa shape index (κ3) is 7.74. The van der Waals surface area contributed by atoms with Crippen LogP contribution >= 0.6 is 11.8 Å². The molecule has 2 aliphatic rings. The first-order chi connectivity index (χ1) is 21.4. The number of carbonyl (C=O) groups is 2. The maximum Gasteiger partial charge on any atom is 0.329 e. The zero-order valence-electron chi connectivity index (χ0n) is 27.3. The number of amides is 1. The molecule has 4 rings (SSSR count). The predicted molar refractivity (Wildman–Crippen MR) is 174 cm³/mol. The van der Waals surface area contributed by atoms with Crippen molar-refractivity contribution in [2.75, 3.05) is 48.0 Å². The second-order valence-electron chi connectivity index (χ2n) is 12.1. The van der Waals surface area contributed by atoms with Crippen LogP contribution in [-0.4, -0.2) is 108 Å². The van der Waals surface area contributed by atoms with Crippen LogP contribution in [0.25, 0.3) is 4.91 Å². The van der Waals surface area contributed by atoms with Gasteiger partial charge in [0.25, 0.3) is 5.91 Å². The lowest BCUT2D eigenvalue weighted by molar-refractivity contribution is -0.154. The fraction of sp³-hybridized carbons (Fsp3) is 0.545. The number of para-hydroxylation sites is 1. The summed E-state index contributed by atoms with van der Waals surface area (Å²) in [6.45, 7) is 10.8. The summed E-state index contributed by atoms with van der Waals surface area (Å²) in [4.78, 5) is 36.4. The Bertz CT molecular complexity index is 1360. The molecule has 2 fully saturated rings. The molecule has 3 heterocycles. The first-order valence-electron chi connectivity index (χ1n) is 15.2. The quantitative estimate of drug-likeness (QED) is 0.284. The van der Waals surface area contributed by atoms with Crippen molar-refractivity contribution in [3.8, 4) is 5.75 Å². The van der Waals surface area contributed by atoms with Gasteiger partial charge < -0.3 is 33.5 Å². The number of ether oxygens (including phenoxy) is 3. The number of thioether (sulfide) groups is 1. The van der Waals surface area contributed by atoms with Crippen molar-refractivity contribution in [1.82, 2.24) is 19.7 Å². The number of oxazole rings is 1. The number of likely N-dealkylation sites (N-methyl/N-ethyl adjacent to an activating group) is 3. The number of methoxy groups -OCH3 is 1.